The fraction of sp³-hybridized carbons (Fsp3) is 0.500. The van der Waals surface area contributed by atoms with Gasteiger partial charge in [0.05, 0.1) is 31.4 Å². The van der Waals surface area contributed by atoms with E-state index in [9.17, 15) is 4.79 Å². The van der Waals surface area contributed by atoms with E-state index >= 15 is 0 Å². The Hall–Kier alpha value is -2.50. The van der Waals surface area contributed by atoms with Crippen molar-refractivity contribution in [3.05, 3.63) is 40.7 Å². The normalized spacial score (nSPS) is 19.5. The van der Waals surface area contributed by atoms with Gasteiger partial charge in [0.25, 0.3) is 0 Å². The lowest BCUT2D eigenvalue weighted by molar-refractivity contribution is -0.131. The SMILES string of the molecule is Cc1n[nH]c(C)c1CC(=O)N1CCCC1c1ccc2c(c1)OCCCO2. The molecule has 1 unspecified atom stereocenters. The van der Waals surface area contributed by atoms with Gasteiger partial charge in [0.15, 0.2) is 11.5 Å². The third-order valence-electron chi connectivity index (χ3n) is 5.34. The fourth-order valence-corrected chi connectivity index (χ4v) is 3.89. The molecule has 0 spiro atoms. The van der Waals surface area contributed by atoms with Crippen molar-refractivity contribution in [3.63, 3.8) is 0 Å². The molecule has 3 heterocycles. The first kappa shape index (κ1) is 16.9. The number of hydrogen-bond acceptors (Lipinski definition) is 4. The van der Waals surface area contributed by atoms with Crippen molar-refractivity contribution in [2.24, 2.45) is 0 Å². The maximum atomic E-state index is 13.0. The van der Waals surface area contributed by atoms with E-state index in [4.69, 9.17) is 9.47 Å². The first-order valence-corrected chi connectivity index (χ1v) is 9.33. The molecule has 2 aliphatic heterocycles. The van der Waals surface area contributed by atoms with Gasteiger partial charge in [-0.3, -0.25) is 9.89 Å². The molecule has 0 bridgehead atoms. The summed E-state index contributed by atoms with van der Waals surface area (Å²) in [7, 11) is 0. The molecule has 6 nitrogen and oxygen atoms in total. The number of likely N-dealkylation sites (tertiary alicyclic amines) is 1. The number of amides is 1. The molecule has 26 heavy (non-hydrogen) atoms. The van der Waals surface area contributed by atoms with Gasteiger partial charge in [0, 0.05) is 24.2 Å². The van der Waals surface area contributed by atoms with Crippen LogP contribution in [-0.2, 0) is 11.2 Å². The third-order valence-corrected chi connectivity index (χ3v) is 5.34. The summed E-state index contributed by atoms with van der Waals surface area (Å²) < 4.78 is 11.5. The van der Waals surface area contributed by atoms with Crippen molar-refractivity contribution in [1.29, 1.82) is 0 Å². The summed E-state index contributed by atoms with van der Waals surface area (Å²) in [6, 6.07) is 6.19. The minimum Gasteiger partial charge on any atom is -0.490 e. The van der Waals surface area contributed by atoms with Crippen LogP contribution in [-0.4, -0.2) is 40.8 Å². The summed E-state index contributed by atoms with van der Waals surface area (Å²) in [4.78, 5) is 15.0. The van der Waals surface area contributed by atoms with Crippen LogP contribution in [0.3, 0.4) is 0 Å². The van der Waals surface area contributed by atoms with Gasteiger partial charge in [-0.2, -0.15) is 5.10 Å². The number of carbonyl (C=O) groups is 1. The van der Waals surface area contributed by atoms with E-state index < -0.39 is 0 Å². The Kier molecular flexibility index (Phi) is 4.57. The number of rotatable bonds is 3. The molecular weight excluding hydrogens is 330 g/mol. The molecule has 2 aliphatic rings. The number of carbonyl (C=O) groups excluding carboxylic acids is 1. The molecule has 0 aliphatic carbocycles. The van der Waals surface area contributed by atoms with E-state index in [1.165, 1.54) is 0 Å². The second-order valence-electron chi connectivity index (χ2n) is 7.09. The van der Waals surface area contributed by atoms with Gasteiger partial charge >= 0.3 is 0 Å². The largest absolute Gasteiger partial charge is 0.490 e. The average molecular weight is 355 g/mol. The highest BCUT2D eigenvalue weighted by Gasteiger charge is 2.31. The van der Waals surface area contributed by atoms with Crippen LogP contribution in [0.15, 0.2) is 18.2 Å². The maximum absolute atomic E-state index is 13.0. The number of aromatic nitrogens is 2. The number of nitrogens with zero attached hydrogens (tertiary/aromatic N) is 2. The molecule has 2 aromatic rings. The van der Waals surface area contributed by atoms with Crippen LogP contribution in [0.25, 0.3) is 0 Å². The Labute approximate surface area is 153 Å². The number of benzene rings is 1. The Morgan fingerprint density at radius 3 is 2.81 bits per heavy atom. The molecule has 1 N–H and O–H groups in total. The fourth-order valence-electron chi connectivity index (χ4n) is 3.89. The van der Waals surface area contributed by atoms with Crippen LogP contribution in [0.5, 0.6) is 11.5 Å². The van der Waals surface area contributed by atoms with Crippen LogP contribution < -0.4 is 9.47 Å². The zero-order valence-corrected chi connectivity index (χ0v) is 15.4. The van der Waals surface area contributed by atoms with E-state index in [0.29, 0.717) is 19.6 Å². The predicted molar refractivity (Wildman–Crippen MR) is 97.5 cm³/mol. The van der Waals surface area contributed by atoms with Crippen molar-refractivity contribution >= 4 is 5.91 Å². The second-order valence-corrected chi connectivity index (χ2v) is 7.09. The lowest BCUT2D eigenvalue weighted by Gasteiger charge is -2.26. The molecule has 0 radical (unpaired) electrons. The number of hydrogen-bond donors (Lipinski definition) is 1. The van der Waals surface area contributed by atoms with E-state index in [2.05, 4.69) is 16.3 Å². The molecule has 1 aromatic carbocycles. The van der Waals surface area contributed by atoms with Gasteiger partial charge in [-0.1, -0.05) is 6.07 Å². The Morgan fingerprint density at radius 1 is 1.23 bits per heavy atom. The van der Waals surface area contributed by atoms with Gasteiger partial charge in [0.2, 0.25) is 5.91 Å². The summed E-state index contributed by atoms with van der Waals surface area (Å²) >= 11 is 0. The van der Waals surface area contributed by atoms with Gasteiger partial charge in [-0.25, -0.2) is 0 Å². The van der Waals surface area contributed by atoms with Gasteiger partial charge in [0.1, 0.15) is 0 Å². The number of fused-ring (bicyclic) bond motifs is 1. The van der Waals surface area contributed by atoms with Gasteiger partial charge in [-0.15, -0.1) is 0 Å². The Morgan fingerprint density at radius 2 is 2.04 bits per heavy atom. The number of aromatic amines is 1. The van der Waals surface area contributed by atoms with Gasteiger partial charge < -0.3 is 14.4 Å². The van der Waals surface area contributed by atoms with Crippen LogP contribution in [0.4, 0.5) is 0 Å². The highest BCUT2D eigenvalue weighted by atomic mass is 16.5. The van der Waals surface area contributed by atoms with Gasteiger partial charge in [-0.05, 0) is 44.4 Å². The monoisotopic (exact) mass is 355 g/mol. The van der Waals surface area contributed by atoms with E-state index in [1.807, 2.05) is 30.9 Å². The number of nitrogens with one attached hydrogen (secondary N) is 1. The smallest absolute Gasteiger partial charge is 0.227 e. The molecular formula is C20H25N3O3. The second kappa shape index (κ2) is 7.02. The lowest BCUT2D eigenvalue weighted by atomic mass is 10.0. The first-order valence-electron chi connectivity index (χ1n) is 9.33. The molecule has 138 valence electrons. The topological polar surface area (TPSA) is 67.5 Å². The van der Waals surface area contributed by atoms with Crippen molar-refractivity contribution in [3.8, 4) is 11.5 Å². The van der Waals surface area contributed by atoms with Crippen molar-refractivity contribution in [2.75, 3.05) is 19.8 Å². The van der Waals surface area contributed by atoms with Crippen molar-refractivity contribution in [1.82, 2.24) is 15.1 Å². The molecule has 1 aromatic heterocycles. The van der Waals surface area contributed by atoms with Crippen molar-refractivity contribution in [2.45, 2.75) is 45.6 Å². The summed E-state index contributed by atoms with van der Waals surface area (Å²) in [5.41, 5.74) is 4.02. The summed E-state index contributed by atoms with van der Waals surface area (Å²) in [6.45, 7) is 6.06. The standard InChI is InChI=1S/C20H25N3O3/c1-13-16(14(2)22-21-13)12-20(24)23-8-3-5-17(23)15-6-7-18-19(11-15)26-10-4-9-25-18/h6-7,11,17H,3-5,8-10,12H2,1-2H3,(H,21,22). The maximum Gasteiger partial charge on any atom is 0.227 e. The first-order chi connectivity index (χ1) is 12.6. The summed E-state index contributed by atoms with van der Waals surface area (Å²) in [5, 5.41) is 7.17. The molecule has 1 saturated heterocycles. The minimum atomic E-state index is 0.104. The summed E-state index contributed by atoms with van der Waals surface area (Å²) in [5.74, 6) is 1.75. The van der Waals surface area contributed by atoms with E-state index in [-0.39, 0.29) is 11.9 Å². The molecule has 1 fully saturated rings. The lowest BCUT2D eigenvalue weighted by Crippen LogP contribution is -2.32. The third kappa shape index (κ3) is 3.16. The van der Waals surface area contributed by atoms with Crippen LogP contribution in [0.1, 0.15) is 47.8 Å². The number of ether oxygens (including phenoxy) is 2. The Balaban J connectivity index is 1.55. The highest BCUT2D eigenvalue weighted by molar-refractivity contribution is 5.80. The van der Waals surface area contributed by atoms with Crippen LogP contribution >= 0.6 is 0 Å². The number of aryl methyl sites for hydroxylation is 2. The number of H-pyrrole nitrogens is 1. The quantitative estimate of drug-likeness (QED) is 0.919. The zero-order valence-electron chi connectivity index (χ0n) is 15.4. The molecule has 0 saturated carbocycles. The minimum absolute atomic E-state index is 0.104. The average Bonchev–Trinajstić information content (AvgIpc) is 3.16. The summed E-state index contributed by atoms with van der Waals surface area (Å²) in [6.07, 6.45) is 3.29. The highest BCUT2D eigenvalue weighted by Crippen LogP contribution is 2.38. The molecule has 1 atom stereocenters. The van der Waals surface area contributed by atoms with E-state index in [0.717, 1.165) is 59.8 Å². The van der Waals surface area contributed by atoms with Crippen LogP contribution in [0, 0.1) is 13.8 Å². The van der Waals surface area contributed by atoms with E-state index in [1.54, 1.807) is 0 Å². The molecule has 1 amide bonds. The predicted octanol–water partition coefficient (Wildman–Crippen LogP) is 3.09. The molecule has 6 heteroatoms. The van der Waals surface area contributed by atoms with Crippen LogP contribution in [0.2, 0.25) is 0 Å². The van der Waals surface area contributed by atoms with Crippen molar-refractivity contribution < 1.29 is 14.3 Å². The zero-order chi connectivity index (χ0) is 18.1. The molecule has 4 rings (SSSR count). The Bertz CT molecular complexity index is 795.